The molecule has 9 amide bonds. The van der Waals surface area contributed by atoms with E-state index in [9.17, 15) is 48.3 Å². The van der Waals surface area contributed by atoms with Crippen molar-refractivity contribution in [3.05, 3.63) is 42.1 Å². The number of ether oxygens (including phenoxy) is 1. The molecule has 8 N–H and O–H groups in total. The van der Waals surface area contributed by atoms with E-state index in [-0.39, 0.29) is 37.4 Å². The number of nitrogens with one attached hydrogen (secondary N) is 5. The number of amides is 9. The number of cyclic esters (lactones) is 1. The third-order valence-electron chi connectivity index (χ3n) is 12.0. The van der Waals surface area contributed by atoms with Gasteiger partial charge < -0.3 is 41.7 Å². The zero-order valence-corrected chi connectivity index (χ0v) is 40.5. The molecule has 0 spiro atoms. The largest absolute Gasteiger partial charge is 0.508 e. The SMILES string of the molecule is CC/C=C\N1C(=O)NC(=O)[C@H](CC(C)C)NC(=O)[C@H](NC(=O)[C@H](CCC(N)=O)NC(=O)C(C)CC)[C@@H](C)OC(=O)[C@H](C(C)CC)NC(=O)[C@H](Cc2ccc(O)cc2)N(C)C(=O)[C@H]1C(C)CC. The lowest BCUT2D eigenvalue weighted by atomic mass is 9.94. The lowest BCUT2D eigenvalue weighted by Crippen LogP contribution is -2.63. The molecule has 19 nitrogen and oxygen atoms in total. The number of imide groups is 1. The third-order valence-corrected chi connectivity index (χ3v) is 12.0. The molecule has 1 aliphatic rings. The molecule has 1 aliphatic heterocycles. The van der Waals surface area contributed by atoms with E-state index in [4.69, 9.17) is 10.5 Å². The summed E-state index contributed by atoms with van der Waals surface area (Å²) in [6.07, 6.45) is 2.49. The Morgan fingerprint density at radius 1 is 0.864 bits per heavy atom. The molecular weight excluding hydrogens is 853 g/mol. The molecule has 0 aliphatic carbocycles. The van der Waals surface area contributed by atoms with Gasteiger partial charge in [0.1, 0.15) is 48.1 Å². The molecule has 10 atom stereocenters. The summed E-state index contributed by atoms with van der Waals surface area (Å²) in [5, 5.41) is 22.9. The maximum Gasteiger partial charge on any atom is 0.329 e. The van der Waals surface area contributed by atoms with Crippen LogP contribution in [0.15, 0.2) is 36.5 Å². The number of carbonyl (C=O) groups excluding carboxylic acids is 9. The summed E-state index contributed by atoms with van der Waals surface area (Å²) in [5.74, 6) is -8.44. The number of hydrogen-bond donors (Lipinski definition) is 7. The molecule has 1 fully saturated rings. The summed E-state index contributed by atoms with van der Waals surface area (Å²) in [7, 11) is 1.41. The van der Waals surface area contributed by atoms with E-state index in [1.54, 1.807) is 66.7 Å². The first-order valence-electron chi connectivity index (χ1n) is 23.1. The van der Waals surface area contributed by atoms with E-state index in [0.717, 1.165) is 4.90 Å². The molecule has 0 bridgehead atoms. The van der Waals surface area contributed by atoms with Gasteiger partial charge in [-0.1, -0.05) is 93.4 Å². The van der Waals surface area contributed by atoms with Crippen LogP contribution in [0.3, 0.4) is 0 Å². The maximum absolute atomic E-state index is 14.9. The highest BCUT2D eigenvalue weighted by Gasteiger charge is 2.42. The van der Waals surface area contributed by atoms with Gasteiger partial charge in [-0.2, -0.15) is 0 Å². The number of esters is 1. The van der Waals surface area contributed by atoms with Crippen LogP contribution in [-0.2, 0) is 49.5 Å². The lowest BCUT2D eigenvalue weighted by molar-refractivity contribution is -0.158. The normalized spacial score (nSPS) is 23.7. The molecule has 1 heterocycles. The summed E-state index contributed by atoms with van der Waals surface area (Å²) in [6.45, 7) is 17.2. The molecule has 0 saturated carbocycles. The van der Waals surface area contributed by atoms with Crippen LogP contribution in [0.2, 0.25) is 0 Å². The molecular formula is C47H74N8O11. The smallest absolute Gasteiger partial charge is 0.329 e. The number of rotatable bonds is 18. The molecule has 1 saturated heterocycles. The van der Waals surface area contributed by atoms with Crippen molar-refractivity contribution >= 4 is 53.4 Å². The molecule has 368 valence electrons. The number of nitrogens with zero attached hydrogens (tertiary/aromatic N) is 2. The van der Waals surface area contributed by atoms with Crippen molar-refractivity contribution in [1.82, 2.24) is 36.4 Å². The standard InChI is InChI=1S/C47H74N8O11/c1-12-16-23-55-39(28(8)14-3)45(63)54(11)35(25-31-17-19-32(56)20-18-31)43(61)51-37(27(7)13-2)46(64)66-30(10)38(44(62)50-34(24-26(5)6)42(60)53-47(55)65)52-41(59)33(21-22-36(48)57)49-40(58)29(9)15-4/h16-20,23,26-30,33-35,37-39,56H,12-15,21-22,24-25H2,1-11H3,(H2,48,57)(H,49,58)(H,50,62)(H,51,61)(H,52,59)(H,53,60,65)/b23-16-/t27?,28?,29?,30-,33+,34+,35+,37+,38-,39-/m1/s1. The predicted octanol–water partition coefficient (Wildman–Crippen LogP) is 2.93. The number of allylic oxidation sites excluding steroid dienone is 1. The van der Waals surface area contributed by atoms with Crippen LogP contribution in [0.25, 0.3) is 0 Å². The Hall–Kier alpha value is -6.01. The average Bonchev–Trinajstić information content (AvgIpc) is 3.27. The van der Waals surface area contributed by atoms with Crippen molar-refractivity contribution < 1.29 is 53.0 Å². The van der Waals surface area contributed by atoms with Crippen LogP contribution in [0.1, 0.15) is 120 Å². The number of likely N-dealkylation sites (N-methyl/N-ethyl adjacent to an activating group) is 1. The Balaban J connectivity index is 2.93. The van der Waals surface area contributed by atoms with Gasteiger partial charge in [0.15, 0.2) is 0 Å². The monoisotopic (exact) mass is 927 g/mol. The number of urea groups is 1. The van der Waals surface area contributed by atoms with Gasteiger partial charge in [-0.05, 0) is 68.1 Å². The summed E-state index contributed by atoms with van der Waals surface area (Å²) in [6, 6.07) is -3.41. The number of aromatic hydroxyl groups is 1. The highest BCUT2D eigenvalue weighted by atomic mass is 16.5. The third kappa shape index (κ3) is 16.5. The maximum atomic E-state index is 14.9. The van der Waals surface area contributed by atoms with E-state index in [2.05, 4.69) is 26.6 Å². The van der Waals surface area contributed by atoms with Crippen molar-refractivity contribution in [3.63, 3.8) is 0 Å². The van der Waals surface area contributed by atoms with Gasteiger partial charge in [0, 0.05) is 32.0 Å². The second kappa shape index (κ2) is 26.8. The summed E-state index contributed by atoms with van der Waals surface area (Å²) < 4.78 is 5.90. The topological polar surface area (TPSA) is 276 Å². The van der Waals surface area contributed by atoms with Crippen molar-refractivity contribution in [3.8, 4) is 5.75 Å². The van der Waals surface area contributed by atoms with Crippen LogP contribution >= 0.6 is 0 Å². The number of phenolic OH excluding ortho intramolecular Hbond substituents is 1. The van der Waals surface area contributed by atoms with Crippen LogP contribution < -0.4 is 32.3 Å². The minimum Gasteiger partial charge on any atom is -0.508 e. The molecule has 0 radical (unpaired) electrons. The van der Waals surface area contributed by atoms with Crippen molar-refractivity contribution in [2.75, 3.05) is 7.05 Å². The van der Waals surface area contributed by atoms with Gasteiger partial charge in [0.25, 0.3) is 5.91 Å². The van der Waals surface area contributed by atoms with Crippen LogP contribution in [0.4, 0.5) is 4.79 Å². The second-order valence-electron chi connectivity index (χ2n) is 17.7. The van der Waals surface area contributed by atoms with E-state index in [0.29, 0.717) is 31.2 Å². The van der Waals surface area contributed by atoms with Crippen LogP contribution in [-0.4, -0.2) is 118 Å². The van der Waals surface area contributed by atoms with Gasteiger partial charge in [0.05, 0.1) is 0 Å². The van der Waals surface area contributed by atoms with Crippen molar-refractivity contribution in [2.24, 2.45) is 29.4 Å². The zero-order valence-electron chi connectivity index (χ0n) is 40.5. The summed E-state index contributed by atoms with van der Waals surface area (Å²) >= 11 is 0. The Morgan fingerprint density at radius 3 is 2.03 bits per heavy atom. The first-order valence-corrected chi connectivity index (χ1v) is 23.1. The minimum atomic E-state index is -1.74. The van der Waals surface area contributed by atoms with Gasteiger partial charge in [-0.15, -0.1) is 0 Å². The Morgan fingerprint density at radius 2 is 1.48 bits per heavy atom. The molecule has 2 rings (SSSR count). The van der Waals surface area contributed by atoms with E-state index >= 15 is 0 Å². The van der Waals surface area contributed by atoms with E-state index in [1.807, 2.05) is 13.8 Å². The quantitative estimate of drug-likeness (QED) is 0.105. The summed E-state index contributed by atoms with van der Waals surface area (Å²) in [5.41, 5.74) is 5.94. The highest BCUT2D eigenvalue weighted by molar-refractivity contribution is 6.02. The number of primary amides is 1. The van der Waals surface area contributed by atoms with Crippen molar-refractivity contribution in [2.45, 2.75) is 163 Å². The van der Waals surface area contributed by atoms with Gasteiger partial charge >= 0.3 is 12.0 Å². The van der Waals surface area contributed by atoms with Gasteiger partial charge in [-0.25, -0.2) is 9.59 Å². The Bertz CT molecular complexity index is 1890. The number of benzene rings is 1. The van der Waals surface area contributed by atoms with Gasteiger partial charge in [-0.3, -0.25) is 43.8 Å². The van der Waals surface area contributed by atoms with E-state index < -0.39 is 113 Å². The fourth-order valence-corrected chi connectivity index (χ4v) is 7.16. The molecule has 1 aromatic carbocycles. The lowest BCUT2D eigenvalue weighted by Gasteiger charge is -2.38. The average molecular weight is 927 g/mol. The molecule has 1 aromatic rings. The first kappa shape index (κ1) is 56.1. The highest BCUT2D eigenvalue weighted by Crippen LogP contribution is 2.23. The molecule has 19 heteroatoms. The second-order valence-corrected chi connectivity index (χ2v) is 17.7. The number of hydrogen-bond acceptors (Lipinski definition) is 11. The van der Waals surface area contributed by atoms with Crippen molar-refractivity contribution in [1.29, 1.82) is 0 Å². The number of phenols is 1. The molecule has 3 unspecified atom stereocenters. The first-order chi connectivity index (χ1) is 31.0. The van der Waals surface area contributed by atoms with Gasteiger partial charge in [0.2, 0.25) is 35.4 Å². The molecule has 66 heavy (non-hydrogen) atoms. The fraction of sp³-hybridized carbons (Fsp3) is 0.638. The number of carbonyl (C=O) groups is 9. The molecule has 0 aromatic heterocycles. The van der Waals surface area contributed by atoms with Crippen LogP contribution in [0.5, 0.6) is 5.75 Å². The summed E-state index contributed by atoms with van der Waals surface area (Å²) in [4.78, 5) is 128. The Labute approximate surface area is 389 Å². The number of nitrogens with two attached hydrogens (primary N) is 1. The van der Waals surface area contributed by atoms with E-state index in [1.165, 1.54) is 37.2 Å². The fourth-order valence-electron chi connectivity index (χ4n) is 7.16. The Kier molecular flexibility index (Phi) is 22.8. The van der Waals surface area contributed by atoms with Crippen LogP contribution in [0, 0.1) is 23.7 Å². The minimum absolute atomic E-state index is 0.00575. The zero-order chi connectivity index (χ0) is 50.0. The predicted molar refractivity (Wildman–Crippen MR) is 246 cm³/mol.